The molecular weight excluding hydrogens is 170 g/mol. The molecule has 13 heavy (non-hydrogen) atoms. The highest BCUT2D eigenvalue weighted by Gasteiger charge is 2.16. The van der Waals surface area contributed by atoms with Gasteiger partial charge in [0.05, 0.1) is 25.8 Å². The largest absolute Gasteiger partial charge is 0.469 e. The van der Waals surface area contributed by atoms with Gasteiger partial charge in [-0.3, -0.25) is 4.79 Å². The van der Waals surface area contributed by atoms with Gasteiger partial charge in [0.1, 0.15) is 5.76 Å². The van der Waals surface area contributed by atoms with Crippen molar-refractivity contribution in [3.05, 3.63) is 23.7 Å². The Hall–Kier alpha value is -1.29. The van der Waals surface area contributed by atoms with Crippen LogP contribution in [-0.2, 0) is 9.53 Å². The highest BCUT2D eigenvalue weighted by atomic mass is 16.5. The Labute approximate surface area is 76.7 Å². The smallest absolute Gasteiger partial charge is 0.307 e. The summed E-state index contributed by atoms with van der Waals surface area (Å²) < 4.78 is 9.64. The molecule has 0 radical (unpaired) electrons. The van der Waals surface area contributed by atoms with E-state index in [1.165, 1.54) is 7.11 Å². The van der Waals surface area contributed by atoms with Crippen LogP contribution in [0.3, 0.4) is 0 Å². The van der Waals surface area contributed by atoms with Gasteiger partial charge in [-0.15, -0.1) is 0 Å². The van der Waals surface area contributed by atoms with Crippen molar-refractivity contribution in [2.45, 2.75) is 19.4 Å². The van der Waals surface area contributed by atoms with Gasteiger partial charge in [-0.2, -0.15) is 0 Å². The van der Waals surface area contributed by atoms with E-state index < -0.39 is 6.04 Å². The first-order valence-corrected chi connectivity index (χ1v) is 4.01. The Morgan fingerprint density at radius 2 is 2.46 bits per heavy atom. The Bertz CT molecular complexity index is 293. The van der Waals surface area contributed by atoms with Crippen LogP contribution in [0.5, 0.6) is 0 Å². The average molecular weight is 183 g/mol. The zero-order valence-electron chi connectivity index (χ0n) is 7.74. The molecule has 1 atom stereocenters. The van der Waals surface area contributed by atoms with Gasteiger partial charge in [0.25, 0.3) is 0 Å². The van der Waals surface area contributed by atoms with Gasteiger partial charge >= 0.3 is 5.97 Å². The highest BCUT2D eigenvalue weighted by molar-refractivity contribution is 5.70. The van der Waals surface area contributed by atoms with Crippen molar-refractivity contribution >= 4 is 5.97 Å². The van der Waals surface area contributed by atoms with Crippen molar-refractivity contribution < 1.29 is 13.9 Å². The molecule has 0 bridgehead atoms. The molecule has 0 amide bonds. The molecular formula is C9H13NO3. The number of nitrogens with two attached hydrogens (primary N) is 1. The maximum absolute atomic E-state index is 10.9. The van der Waals surface area contributed by atoms with Crippen LogP contribution >= 0.6 is 0 Å². The van der Waals surface area contributed by atoms with Crippen molar-refractivity contribution in [3.8, 4) is 0 Å². The summed E-state index contributed by atoms with van der Waals surface area (Å²) in [4.78, 5) is 10.9. The molecule has 1 aromatic rings. The number of esters is 1. The van der Waals surface area contributed by atoms with E-state index in [0.29, 0.717) is 5.76 Å². The molecule has 72 valence electrons. The predicted octanol–water partition coefficient (Wildman–Crippen LogP) is 1.15. The van der Waals surface area contributed by atoms with Crippen LogP contribution in [0, 0.1) is 6.92 Å². The topological polar surface area (TPSA) is 65.5 Å². The summed E-state index contributed by atoms with van der Waals surface area (Å²) in [6.45, 7) is 1.88. The fourth-order valence-corrected chi connectivity index (χ4v) is 1.12. The minimum Gasteiger partial charge on any atom is -0.469 e. The van der Waals surface area contributed by atoms with E-state index in [2.05, 4.69) is 4.74 Å². The molecule has 4 nitrogen and oxygen atoms in total. The molecule has 1 rings (SSSR count). The first-order chi connectivity index (χ1) is 6.15. The van der Waals surface area contributed by atoms with Crippen molar-refractivity contribution in [2.24, 2.45) is 5.73 Å². The third-order valence-corrected chi connectivity index (χ3v) is 1.85. The molecule has 0 aliphatic heterocycles. The summed E-state index contributed by atoms with van der Waals surface area (Å²) in [6.07, 6.45) is 1.70. The van der Waals surface area contributed by atoms with Gasteiger partial charge in [-0.05, 0) is 18.6 Å². The maximum Gasteiger partial charge on any atom is 0.307 e. The fraction of sp³-hybridized carbons (Fsp3) is 0.444. The summed E-state index contributed by atoms with van der Waals surface area (Å²) in [5.41, 5.74) is 6.68. The third kappa shape index (κ3) is 2.32. The van der Waals surface area contributed by atoms with Gasteiger partial charge in [0.2, 0.25) is 0 Å². The maximum atomic E-state index is 10.9. The first kappa shape index (κ1) is 9.80. The lowest BCUT2D eigenvalue weighted by atomic mass is 10.1. The summed E-state index contributed by atoms with van der Waals surface area (Å²) in [5, 5.41) is 0. The number of hydrogen-bond acceptors (Lipinski definition) is 4. The normalized spacial score (nSPS) is 12.5. The van der Waals surface area contributed by atoms with E-state index in [1.54, 1.807) is 6.26 Å². The molecule has 0 saturated carbocycles. The van der Waals surface area contributed by atoms with Crippen molar-refractivity contribution in [1.29, 1.82) is 0 Å². The first-order valence-electron chi connectivity index (χ1n) is 4.01. The molecule has 0 aliphatic carbocycles. The van der Waals surface area contributed by atoms with Crippen LogP contribution in [0.15, 0.2) is 16.7 Å². The van der Waals surface area contributed by atoms with Crippen LogP contribution in [0.25, 0.3) is 0 Å². The number of hydrogen-bond donors (Lipinski definition) is 1. The predicted molar refractivity (Wildman–Crippen MR) is 47.0 cm³/mol. The molecule has 0 saturated heterocycles. The number of ether oxygens (including phenoxy) is 1. The molecule has 1 aromatic heterocycles. The van der Waals surface area contributed by atoms with Gasteiger partial charge in [0, 0.05) is 0 Å². The molecule has 2 N–H and O–H groups in total. The van der Waals surface area contributed by atoms with Gasteiger partial charge in [-0.1, -0.05) is 0 Å². The number of rotatable bonds is 3. The van der Waals surface area contributed by atoms with E-state index in [1.807, 2.05) is 13.0 Å². The molecule has 0 spiro atoms. The van der Waals surface area contributed by atoms with Crippen LogP contribution in [-0.4, -0.2) is 13.1 Å². The Morgan fingerprint density at radius 3 is 2.92 bits per heavy atom. The molecule has 4 heteroatoms. The molecule has 0 fully saturated rings. The number of carbonyl (C=O) groups excluding carboxylic acids is 1. The van der Waals surface area contributed by atoms with Gasteiger partial charge in [-0.25, -0.2) is 0 Å². The van der Waals surface area contributed by atoms with E-state index in [0.717, 1.165) is 5.56 Å². The second-order valence-electron chi connectivity index (χ2n) is 2.85. The SMILES string of the molecule is COC(=O)C[C@H](N)c1occc1C. The molecule has 0 aliphatic rings. The van der Waals surface area contributed by atoms with E-state index in [4.69, 9.17) is 10.2 Å². The standard InChI is InChI=1S/C9H13NO3/c1-6-3-4-13-9(6)7(10)5-8(11)12-2/h3-4,7H,5,10H2,1-2H3/t7-/m0/s1. The second kappa shape index (κ2) is 4.09. The number of aryl methyl sites for hydroxylation is 1. The van der Waals surface area contributed by atoms with Gasteiger partial charge < -0.3 is 14.9 Å². The third-order valence-electron chi connectivity index (χ3n) is 1.85. The van der Waals surface area contributed by atoms with Crippen molar-refractivity contribution in [2.75, 3.05) is 7.11 Å². The summed E-state index contributed by atoms with van der Waals surface area (Å²) in [5.74, 6) is 0.314. The number of methoxy groups -OCH3 is 1. The fourth-order valence-electron chi connectivity index (χ4n) is 1.12. The lowest BCUT2D eigenvalue weighted by Gasteiger charge is -2.07. The zero-order valence-corrected chi connectivity index (χ0v) is 7.74. The van der Waals surface area contributed by atoms with Crippen molar-refractivity contribution in [1.82, 2.24) is 0 Å². The quantitative estimate of drug-likeness (QED) is 0.714. The second-order valence-corrected chi connectivity index (χ2v) is 2.85. The average Bonchev–Trinajstić information content (AvgIpc) is 2.51. The Kier molecular flexibility index (Phi) is 3.08. The Balaban J connectivity index is 2.63. The van der Waals surface area contributed by atoms with Crippen LogP contribution in [0.4, 0.5) is 0 Å². The van der Waals surface area contributed by atoms with Crippen LogP contribution in [0.2, 0.25) is 0 Å². The summed E-state index contributed by atoms with van der Waals surface area (Å²) in [6, 6.07) is 1.40. The summed E-state index contributed by atoms with van der Waals surface area (Å²) in [7, 11) is 1.34. The minimum absolute atomic E-state index is 0.144. The minimum atomic E-state index is -0.414. The lowest BCUT2D eigenvalue weighted by Crippen LogP contribution is -2.16. The van der Waals surface area contributed by atoms with E-state index in [9.17, 15) is 4.79 Å². The number of carbonyl (C=O) groups is 1. The van der Waals surface area contributed by atoms with E-state index in [-0.39, 0.29) is 12.4 Å². The van der Waals surface area contributed by atoms with Gasteiger partial charge in [0.15, 0.2) is 0 Å². The number of furan rings is 1. The van der Waals surface area contributed by atoms with E-state index >= 15 is 0 Å². The zero-order chi connectivity index (χ0) is 9.84. The summed E-state index contributed by atoms with van der Waals surface area (Å²) >= 11 is 0. The Morgan fingerprint density at radius 1 is 1.77 bits per heavy atom. The van der Waals surface area contributed by atoms with Crippen molar-refractivity contribution in [3.63, 3.8) is 0 Å². The monoisotopic (exact) mass is 183 g/mol. The molecule has 0 unspecified atom stereocenters. The molecule has 0 aromatic carbocycles. The highest BCUT2D eigenvalue weighted by Crippen LogP contribution is 2.19. The lowest BCUT2D eigenvalue weighted by molar-refractivity contribution is -0.141. The van der Waals surface area contributed by atoms with Crippen LogP contribution < -0.4 is 5.73 Å². The van der Waals surface area contributed by atoms with Crippen LogP contribution in [0.1, 0.15) is 23.8 Å². The molecule has 1 heterocycles.